The molecule has 1 aliphatic carbocycles. The molecule has 2 N–H and O–H groups in total. The first-order valence-corrected chi connectivity index (χ1v) is 4.87. The summed E-state index contributed by atoms with van der Waals surface area (Å²) < 4.78 is 0. The lowest BCUT2D eigenvalue weighted by Gasteiger charge is -2.40. The zero-order chi connectivity index (χ0) is 12.5. The molecule has 0 aromatic carbocycles. The highest BCUT2D eigenvalue weighted by Gasteiger charge is 2.47. The van der Waals surface area contributed by atoms with Crippen molar-refractivity contribution in [1.29, 1.82) is 0 Å². The molecule has 0 heterocycles. The lowest BCUT2D eigenvalue weighted by atomic mass is 9.76. The van der Waals surface area contributed by atoms with E-state index in [1.165, 1.54) is 23.1 Å². The summed E-state index contributed by atoms with van der Waals surface area (Å²) in [6.45, 7) is 1.61. The van der Waals surface area contributed by atoms with E-state index in [-0.39, 0.29) is 5.57 Å². The SMILES string of the molecule is CC1C(C(=O)O)=CC=CC1(C(=O)O)N(C)C. The van der Waals surface area contributed by atoms with Gasteiger partial charge in [0, 0.05) is 11.5 Å². The second-order valence-corrected chi connectivity index (χ2v) is 4.03. The molecule has 5 nitrogen and oxygen atoms in total. The summed E-state index contributed by atoms with van der Waals surface area (Å²) in [5, 5.41) is 18.3. The van der Waals surface area contributed by atoms with Crippen LogP contribution < -0.4 is 0 Å². The van der Waals surface area contributed by atoms with Crippen LogP contribution >= 0.6 is 0 Å². The van der Waals surface area contributed by atoms with Gasteiger partial charge in [-0.3, -0.25) is 4.90 Å². The third-order valence-corrected chi connectivity index (χ3v) is 3.08. The minimum atomic E-state index is -1.29. The summed E-state index contributed by atoms with van der Waals surface area (Å²) in [5.41, 5.74) is -1.18. The van der Waals surface area contributed by atoms with Crippen molar-refractivity contribution in [1.82, 2.24) is 4.90 Å². The van der Waals surface area contributed by atoms with E-state index in [9.17, 15) is 14.7 Å². The Morgan fingerprint density at radius 1 is 1.38 bits per heavy atom. The molecule has 16 heavy (non-hydrogen) atoms. The van der Waals surface area contributed by atoms with E-state index >= 15 is 0 Å². The molecule has 0 fully saturated rings. The number of hydrogen-bond donors (Lipinski definition) is 2. The van der Waals surface area contributed by atoms with Crippen molar-refractivity contribution in [2.75, 3.05) is 14.1 Å². The number of carboxylic acid groups (broad SMARTS) is 2. The van der Waals surface area contributed by atoms with Crippen molar-refractivity contribution >= 4 is 11.9 Å². The van der Waals surface area contributed by atoms with Crippen molar-refractivity contribution in [2.24, 2.45) is 5.92 Å². The van der Waals surface area contributed by atoms with Gasteiger partial charge in [0.05, 0.1) is 0 Å². The summed E-state index contributed by atoms with van der Waals surface area (Å²) in [4.78, 5) is 23.9. The Morgan fingerprint density at radius 3 is 2.31 bits per heavy atom. The summed E-state index contributed by atoms with van der Waals surface area (Å²) >= 11 is 0. The predicted molar refractivity (Wildman–Crippen MR) is 58.1 cm³/mol. The Balaban J connectivity index is 3.27. The van der Waals surface area contributed by atoms with E-state index in [1.54, 1.807) is 21.0 Å². The molecule has 0 aliphatic heterocycles. The number of rotatable bonds is 3. The van der Waals surface area contributed by atoms with Gasteiger partial charge in [-0.05, 0) is 14.1 Å². The molecule has 0 saturated carbocycles. The molecule has 0 aromatic rings. The fraction of sp³-hybridized carbons (Fsp3) is 0.455. The number of carboxylic acids is 2. The number of nitrogens with zero attached hydrogens (tertiary/aromatic N) is 1. The van der Waals surface area contributed by atoms with Crippen molar-refractivity contribution in [3.63, 3.8) is 0 Å². The van der Waals surface area contributed by atoms with Crippen LogP contribution in [0, 0.1) is 5.92 Å². The van der Waals surface area contributed by atoms with E-state index in [4.69, 9.17) is 5.11 Å². The topological polar surface area (TPSA) is 77.8 Å². The molecule has 0 bridgehead atoms. The first-order chi connectivity index (χ1) is 7.34. The van der Waals surface area contributed by atoms with Gasteiger partial charge >= 0.3 is 11.9 Å². The molecule has 1 aliphatic rings. The van der Waals surface area contributed by atoms with E-state index in [0.717, 1.165) is 0 Å². The van der Waals surface area contributed by atoms with Crippen LogP contribution in [0.25, 0.3) is 0 Å². The van der Waals surface area contributed by atoms with E-state index in [2.05, 4.69) is 0 Å². The molecule has 0 amide bonds. The summed E-state index contributed by atoms with van der Waals surface area (Å²) in [6.07, 6.45) is 4.45. The van der Waals surface area contributed by atoms with Crippen LogP contribution in [0.2, 0.25) is 0 Å². The third-order valence-electron chi connectivity index (χ3n) is 3.08. The van der Waals surface area contributed by atoms with Crippen molar-refractivity contribution in [2.45, 2.75) is 12.5 Å². The molecule has 5 heteroatoms. The molecule has 1 rings (SSSR count). The second kappa shape index (κ2) is 4.09. The summed E-state index contributed by atoms with van der Waals surface area (Å²) in [7, 11) is 3.25. The van der Waals surface area contributed by atoms with Gasteiger partial charge in [0.15, 0.2) is 0 Å². The number of aliphatic carboxylic acids is 2. The number of hydrogen-bond acceptors (Lipinski definition) is 3. The highest BCUT2D eigenvalue weighted by atomic mass is 16.4. The summed E-state index contributed by atoms with van der Waals surface area (Å²) in [6, 6.07) is 0. The Morgan fingerprint density at radius 2 is 1.94 bits per heavy atom. The molecule has 0 spiro atoms. The highest BCUT2D eigenvalue weighted by molar-refractivity contribution is 5.92. The standard InChI is InChI=1S/C11H15NO4/c1-7-8(9(13)14)5-4-6-11(7,10(15)16)12(2)3/h4-7H,1-3H3,(H,13,14)(H,15,16). The van der Waals surface area contributed by atoms with E-state index < -0.39 is 23.4 Å². The maximum Gasteiger partial charge on any atom is 0.331 e. The van der Waals surface area contributed by atoms with Gasteiger partial charge in [0.2, 0.25) is 0 Å². The first kappa shape index (κ1) is 12.4. The van der Waals surface area contributed by atoms with Crippen LogP contribution in [0.4, 0.5) is 0 Å². The Bertz CT molecular complexity index is 383. The number of carbonyl (C=O) groups is 2. The highest BCUT2D eigenvalue weighted by Crippen LogP contribution is 2.34. The van der Waals surface area contributed by atoms with Crippen LogP contribution in [0.1, 0.15) is 6.92 Å². The molecule has 0 aromatic heterocycles. The van der Waals surface area contributed by atoms with Gasteiger partial charge < -0.3 is 10.2 Å². The van der Waals surface area contributed by atoms with Crippen LogP contribution in [0.3, 0.4) is 0 Å². The lowest BCUT2D eigenvalue weighted by molar-refractivity contribution is -0.149. The monoisotopic (exact) mass is 225 g/mol. The van der Waals surface area contributed by atoms with Gasteiger partial charge in [0.25, 0.3) is 0 Å². The van der Waals surface area contributed by atoms with Gasteiger partial charge in [-0.15, -0.1) is 0 Å². The third kappa shape index (κ3) is 1.63. The molecular formula is C11H15NO4. The molecule has 0 saturated heterocycles. The normalized spacial score (nSPS) is 29.0. The molecule has 88 valence electrons. The molecule has 2 unspecified atom stereocenters. The van der Waals surface area contributed by atoms with E-state index in [1.807, 2.05) is 0 Å². The van der Waals surface area contributed by atoms with Gasteiger partial charge in [-0.1, -0.05) is 25.2 Å². The van der Waals surface area contributed by atoms with Gasteiger partial charge in [0.1, 0.15) is 5.54 Å². The largest absolute Gasteiger partial charge is 0.480 e. The van der Waals surface area contributed by atoms with Crippen LogP contribution in [-0.4, -0.2) is 46.7 Å². The minimum absolute atomic E-state index is 0.110. The minimum Gasteiger partial charge on any atom is -0.480 e. The van der Waals surface area contributed by atoms with Crippen molar-refractivity contribution in [3.05, 3.63) is 23.8 Å². The molecular weight excluding hydrogens is 210 g/mol. The number of likely N-dealkylation sites (N-methyl/N-ethyl adjacent to an activating group) is 1. The smallest absolute Gasteiger partial charge is 0.331 e. The zero-order valence-corrected chi connectivity index (χ0v) is 9.47. The number of allylic oxidation sites excluding steroid dienone is 2. The lowest BCUT2D eigenvalue weighted by Crippen LogP contribution is -2.56. The summed E-state index contributed by atoms with van der Waals surface area (Å²) in [5.74, 6) is -2.74. The average molecular weight is 225 g/mol. The van der Waals surface area contributed by atoms with Gasteiger partial charge in [-0.2, -0.15) is 0 Å². The Hall–Kier alpha value is -1.62. The van der Waals surface area contributed by atoms with E-state index in [0.29, 0.717) is 0 Å². The second-order valence-electron chi connectivity index (χ2n) is 4.03. The van der Waals surface area contributed by atoms with Gasteiger partial charge in [-0.25, -0.2) is 9.59 Å². The Kier molecular flexibility index (Phi) is 3.19. The molecule has 2 atom stereocenters. The van der Waals surface area contributed by atoms with Crippen LogP contribution in [0.5, 0.6) is 0 Å². The van der Waals surface area contributed by atoms with Crippen LogP contribution in [0.15, 0.2) is 23.8 Å². The Labute approximate surface area is 93.7 Å². The average Bonchev–Trinajstić information content (AvgIpc) is 2.16. The predicted octanol–water partition coefficient (Wildman–Crippen LogP) is 0.588. The van der Waals surface area contributed by atoms with Crippen LogP contribution in [-0.2, 0) is 9.59 Å². The first-order valence-electron chi connectivity index (χ1n) is 4.87. The maximum absolute atomic E-state index is 11.4. The fourth-order valence-corrected chi connectivity index (χ4v) is 2.06. The zero-order valence-electron chi connectivity index (χ0n) is 9.47. The quantitative estimate of drug-likeness (QED) is 0.735. The fourth-order valence-electron chi connectivity index (χ4n) is 2.06. The van der Waals surface area contributed by atoms with Crippen molar-refractivity contribution in [3.8, 4) is 0 Å². The maximum atomic E-state index is 11.4. The van der Waals surface area contributed by atoms with Crippen molar-refractivity contribution < 1.29 is 19.8 Å². The molecule has 0 radical (unpaired) electrons.